The minimum atomic E-state index is -3.82. The van der Waals surface area contributed by atoms with Crippen molar-refractivity contribution in [1.82, 2.24) is 19.7 Å². The molecular weight excluding hydrogens is 438 g/mol. The van der Waals surface area contributed by atoms with Gasteiger partial charge in [-0.3, -0.25) is 25.2 Å². The van der Waals surface area contributed by atoms with E-state index < -0.39 is 27.8 Å². The van der Waals surface area contributed by atoms with Gasteiger partial charge in [-0.25, -0.2) is 8.42 Å². The van der Waals surface area contributed by atoms with Crippen molar-refractivity contribution in [3.8, 4) is 5.75 Å². The molecule has 11 nitrogen and oxygen atoms in total. The van der Waals surface area contributed by atoms with E-state index in [0.717, 1.165) is 0 Å². The molecule has 2 aromatic rings. The van der Waals surface area contributed by atoms with Crippen LogP contribution in [-0.4, -0.2) is 55.2 Å². The summed E-state index contributed by atoms with van der Waals surface area (Å²) in [7, 11) is -0.765. The minimum Gasteiger partial charge on any atom is -0.497 e. The van der Waals surface area contributed by atoms with Crippen LogP contribution in [0.5, 0.6) is 5.75 Å². The Hall–Kier alpha value is -3.38. The molecule has 2 heterocycles. The number of benzene rings is 1. The third-order valence-corrected chi connectivity index (χ3v) is 7.21. The van der Waals surface area contributed by atoms with Crippen LogP contribution in [0.3, 0.4) is 0 Å². The molecule has 32 heavy (non-hydrogen) atoms. The smallest absolute Gasteiger partial charge is 0.269 e. The molecule has 4 N–H and O–H groups in total. The van der Waals surface area contributed by atoms with Gasteiger partial charge in [-0.1, -0.05) is 0 Å². The van der Waals surface area contributed by atoms with Crippen LogP contribution in [0.25, 0.3) is 0 Å². The Kier molecular flexibility index (Phi) is 6.84. The second-order valence-electron chi connectivity index (χ2n) is 7.39. The average Bonchev–Trinajstić information content (AvgIpc) is 3.20. The van der Waals surface area contributed by atoms with Crippen LogP contribution in [-0.2, 0) is 21.9 Å². The summed E-state index contributed by atoms with van der Waals surface area (Å²) in [6.07, 6.45) is 1.92. The van der Waals surface area contributed by atoms with Gasteiger partial charge in [0.1, 0.15) is 16.3 Å². The number of amides is 3. The van der Waals surface area contributed by atoms with E-state index in [1.165, 1.54) is 35.3 Å². The van der Waals surface area contributed by atoms with Crippen molar-refractivity contribution in [3.63, 3.8) is 0 Å². The number of carbonyl (C=O) groups is 3. The summed E-state index contributed by atoms with van der Waals surface area (Å²) in [5.41, 5.74) is 10.5. The lowest BCUT2D eigenvalue weighted by molar-refractivity contribution is -0.126. The number of piperidine rings is 1. The van der Waals surface area contributed by atoms with E-state index in [0.29, 0.717) is 24.2 Å². The molecule has 3 amide bonds. The highest BCUT2D eigenvalue weighted by Gasteiger charge is 2.33. The molecule has 1 fully saturated rings. The Morgan fingerprint density at radius 3 is 2.25 bits per heavy atom. The standard InChI is InChI=1S/C20H25N5O6S/c1-24-12-16(11-17(24)18(21)26)32(29,30)25-9-7-14(8-10-25)20(28)23-22-19(27)13-3-5-15(31-2)6-4-13/h3-6,11-12,14H,7-10H2,1-2H3,(H2,21,26)(H,22,27)(H,23,28). The first kappa shape index (κ1) is 23.3. The predicted molar refractivity (Wildman–Crippen MR) is 114 cm³/mol. The summed E-state index contributed by atoms with van der Waals surface area (Å²) in [6.45, 7) is 0.265. The summed E-state index contributed by atoms with van der Waals surface area (Å²) >= 11 is 0. The first-order chi connectivity index (χ1) is 15.1. The molecule has 1 aliphatic rings. The van der Waals surface area contributed by atoms with Gasteiger partial charge in [-0.15, -0.1) is 0 Å². The van der Waals surface area contributed by atoms with Crippen LogP contribution < -0.4 is 21.3 Å². The topological polar surface area (TPSA) is 153 Å². The van der Waals surface area contributed by atoms with E-state index in [-0.39, 0.29) is 29.6 Å². The molecular formula is C20H25N5O6S. The van der Waals surface area contributed by atoms with Crippen molar-refractivity contribution in [2.75, 3.05) is 20.2 Å². The lowest BCUT2D eigenvalue weighted by Gasteiger charge is -2.30. The number of hydrogen-bond acceptors (Lipinski definition) is 6. The highest BCUT2D eigenvalue weighted by molar-refractivity contribution is 7.89. The van der Waals surface area contributed by atoms with Crippen LogP contribution in [0.15, 0.2) is 41.4 Å². The Bertz CT molecular complexity index is 1120. The van der Waals surface area contributed by atoms with Gasteiger partial charge in [0.2, 0.25) is 15.9 Å². The number of nitrogens with zero attached hydrogens (tertiary/aromatic N) is 2. The SMILES string of the molecule is COc1ccc(C(=O)NNC(=O)C2CCN(S(=O)(=O)c3cc(C(N)=O)n(C)c3)CC2)cc1. The number of methoxy groups -OCH3 is 1. The molecule has 1 aliphatic heterocycles. The van der Waals surface area contributed by atoms with E-state index in [1.807, 2.05) is 0 Å². The van der Waals surface area contributed by atoms with E-state index in [9.17, 15) is 22.8 Å². The zero-order valence-corrected chi connectivity index (χ0v) is 18.5. The van der Waals surface area contributed by atoms with Crippen LogP contribution in [0.4, 0.5) is 0 Å². The number of sulfonamides is 1. The molecule has 0 radical (unpaired) electrons. The Morgan fingerprint density at radius 2 is 1.72 bits per heavy atom. The van der Waals surface area contributed by atoms with Gasteiger partial charge in [-0.05, 0) is 43.2 Å². The fourth-order valence-corrected chi connectivity index (χ4v) is 5.00. The Balaban J connectivity index is 1.54. The van der Waals surface area contributed by atoms with E-state index >= 15 is 0 Å². The predicted octanol–water partition coefficient (Wildman–Crippen LogP) is -0.00550. The Morgan fingerprint density at radius 1 is 1.09 bits per heavy atom. The van der Waals surface area contributed by atoms with Crippen molar-refractivity contribution >= 4 is 27.7 Å². The number of carbonyl (C=O) groups excluding carboxylic acids is 3. The van der Waals surface area contributed by atoms with Crippen molar-refractivity contribution < 1.29 is 27.5 Å². The van der Waals surface area contributed by atoms with Crippen molar-refractivity contribution in [3.05, 3.63) is 47.8 Å². The Labute approximate surface area is 185 Å². The number of nitrogens with two attached hydrogens (primary N) is 1. The fraction of sp³-hybridized carbons (Fsp3) is 0.350. The molecule has 0 spiro atoms. The van der Waals surface area contributed by atoms with Crippen LogP contribution in [0.1, 0.15) is 33.7 Å². The monoisotopic (exact) mass is 463 g/mol. The number of ether oxygens (including phenoxy) is 1. The molecule has 172 valence electrons. The highest BCUT2D eigenvalue weighted by Crippen LogP contribution is 2.25. The number of primary amides is 1. The van der Waals surface area contributed by atoms with Gasteiger partial charge >= 0.3 is 0 Å². The summed E-state index contributed by atoms with van der Waals surface area (Å²) in [5.74, 6) is -1.43. The van der Waals surface area contributed by atoms with Gasteiger partial charge in [0.25, 0.3) is 11.8 Å². The largest absolute Gasteiger partial charge is 0.497 e. The van der Waals surface area contributed by atoms with Gasteiger partial charge < -0.3 is 15.0 Å². The third kappa shape index (κ3) is 4.92. The number of aryl methyl sites for hydroxylation is 1. The minimum absolute atomic E-state index is 0.0246. The maximum Gasteiger partial charge on any atom is 0.269 e. The van der Waals surface area contributed by atoms with Gasteiger partial charge in [0.05, 0.1) is 7.11 Å². The number of nitrogens with one attached hydrogen (secondary N) is 2. The average molecular weight is 464 g/mol. The highest BCUT2D eigenvalue weighted by atomic mass is 32.2. The van der Waals surface area contributed by atoms with Gasteiger partial charge in [0.15, 0.2) is 0 Å². The zero-order valence-electron chi connectivity index (χ0n) is 17.7. The van der Waals surface area contributed by atoms with E-state index in [4.69, 9.17) is 10.5 Å². The van der Waals surface area contributed by atoms with Crippen molar-refractivity contribution in [2.45, 2.75) is 17.7 Å². The first-order valence-corrected chi connectivity index (χ1v) is 11.3. The normalized spacial score (nSPS) is 15.2. The summed E-state index contributed by atoms with van der Waals surface area (Å²) in [6, 6.07) is 7.64. The number of hydrazine groups is 1. The fourth-order valence-electron chi connectivity index (χ4n) is 3.46. The molecule has 0 atom stereocenters. The maximum atomic E-state index is 12.9. The molecule has 3 rings (SSSR count). The second kappa shape index (κ2) is 9.40. The molecule has 0 saturated carbocycles. The molecule has 0 aliphatic carbocycles. The zero-order chi connectivity index (χ0) is 23.5. The lowest BCUT2D eigenvalue weighted by atomic mass is 9.98. The molecule has 0 unspecified atom stereocenters. The summed E-state index contributed by atoms with van der Waals surface area (Å²) in [4.78, 5) is 35.9. The van der Waals surface area contributed by atoms with Crippen LogP contribution >= 0.6 is 0 Å². The lowest BCUT2D eigenvalue weighted by Crippen LogP contribution is -2.48. The molecule has 1 saturated heterocycles. The molecule has 1 aromatic heterocycles. The summed E-state index contributed by atoms with van der Waals surface area (Å²) in [5, 5.41) is 0. The van der Waals surface area contributed by atoms with Crippen LogP contribution in [0, 0.1) is 5.92 Å². The number of rotatable bonds is 6. The first-order valence-electron chi connectivity index (χ1n) is 9.84. The van der Waals surface area contributed by atoms with Gasteiger partial charge in [-0.2, -0.15) is 4.31 Å². The number of aromatic nitrogens is 1. The van der Waals surface area contributed by atoms with Crippen molar-refractivity contribution in [2.24, 2.45) is 18.7 Å². The van der Waals surface area contributed by atoms with Gasteiger partial charge in [0, 0.05) is 37.8 Å². The van der Waals surface area contributed by atoms with Crippen LogP contribution in [0.2, 0.25) is 0 Å². The second-order valence-corrected chi connectivity index (χ2v) is 9.32. The van der Waals surface area contributed by atoms with Crippen molar-refractivity contribution in [1.29, 1.82) is 0 Å². The van der Waals surface area contributed by atoms with E-state index in [2.05, 4.69) is 10.9 Å². The molecule has 12 heteroatoms. The quantitative estimate of drug-likeness (QED) is 0.513. The number of hydrogen-bond donors (Lipinski definition) is 3. The molecule has 1 aromatic carbocycles. The summed E-state index contributed by atoms with van der Waals surface area (Å²) < 4.78 is 33.4. The molecule has 0 bridgehead atoms. The maximum absolute atomic E-state index is 12.9. The third-order valence-electron chi connectivity index (χ3n) is 5.35. The van der Waals surface area contributed by atoms with E-state index in [1.54, 1.807) is 24.3 Å².